The summed E-state index contributed by atoms with van der Waals surface area (Å²) in [6.45, 7) is 17.9. The number of ether oxygens (including phenoxy) is 1. The van der Waals surface area contributed by atoms with Gasteiger partial charge in [-0.15, -0.1) is 0 Å². The van der Waals surface area contributed by atoms with Crippen LogP contribution in [0.2, 0.25) is 0 Å². The number of fused-ring (bicyclic) bond motifs is 3. The van der Waals surface area contributed by atoms with Gasteiger partial charge < -0.3 is 20.1 Å². The second-order valence-electron chi connectivity index (χ2n) is 15.6. The highest BCUT2D eigenvalue weighted by molar-refractivity contribution is 5.42. The molecule has 4 heteroatoms. The second-order valence-corrected chi connectivity index (χ2v) is 15.6. The highest BCUT2D eigenvalue weighted by atomic mass is 16.5. The van der Waals surface area contributed by atoms with Crippen molar-refractivity contribution in [1.82, 2.24) is 0 Å². The zero-order valence-corrected chi connectivity index (χ0v) is 23.4. The minimum absolute atomic E-state index is 0.0736. The summed E-state index contributed by atoms with van der Waals surface area (Å²) in [5.74, 6) is 3.09. The van der Waals surface area contributed by atoms with E-state index in [0.29, 0.717) is 28.6 Å². The molecule has 3 N–H and O–H groups in total. The van der Waals surface area contributed by atoms with Crippen molar-refractivity contribution in [2.75, 3.05) is 0 Å². The molecular formula is C31H50O4. The van der Waals surface area contributed by atoms with E-state index < -0.39 is 23.9 Å². The fourth-order valence-electron chi connectivity index (χ4n) is 11.5. The van der Waals surface area contributed by atoms with Crippen LogP contribution >= 0.6 is 0 Å². The van der Waals surface area contributed by atoms with Crippen molar-refractivity contribution in [1.29, 1.82) is 0 Å². The van der Waals surface area contributed by atoms with Crippen molar-refractivity contribution in [2.24, 2.45) is 50.7 Å². The van der Waals surface area contributed by atoms with Gasteiger partial charge in [0.2, 0.25) is 0 Å². The fourth-order valence-corrected chi connectivity index (χ4v) is 11.5. The topological polar surface area (TPSA) is 69.9 Å². The minimum Gasteiger partial charge on any atom is -0.489 e. The highest BCUT2D eigenvalue weighted by Gasteiger charge is 2.83. The Labute approximate surface area is 212 Å². The van der Waals surface area contributed by atoms with Crippen molar-refractivity contribution < 1.29 is 20.1 Å². The van der Waals surface area contributed by atoms with Gasteiger partial charge in [-0.1, -0.05) is 41.5 Å². The van der Waals surface area contributed by atoms with Crippen LogP contribution in [-0.4, -0.2) is 39.2 Å². The lowest BCUT2D eigenvalue weighted by atomic mass is 9.41. The summed E-state index contributed by atoms with van der Waals surface area (Å²) in [5.41, 5.74) is 1.03. The van der Waals surface area contributed by atoms with Gasteiger partial charge in [-0.25, -0.2) is 0 Å². The summed E-state index contributed by atoms with van der Waals surface area (Å²) >= 11 is 0. The van der Waals surface area contributed by atoms with Crippen molar-refractivity contribution in [3.05, 3.63) is 11.3 Å². The van der Waals surface area contributed by atoms with Crippen molar-refractivity contribution in [3.63, 3.8) is 0 Å². The number of hydrogen-bond donors (Lipinski definition) is 3. The van der Waals surface area contributed by atoms with Gasteiger partial charge in [-0.2, -0.15) is 0 Å². The molecule has 198 valence electrons. The molecule has 6 rings (SSSR count). The van der Waals surface area contributed by atoms with Gasteiger partial charge in [0.15, 0.2) is 0 Å². The molecule has 0 aromatic carbocycles. The smallest absolute Gasteiger partial charge is 0.128 e. The fraction of sp³-hybridized carbons (Fsp3) is 0.935. The molecule has 1 aliphatic heterocycles. The predicted molar refractivity (Wildman–Crippen MR) is 137 cm³/mol. The maximum absolute atomic E-state index is 12.1. The van der Waals surface area contributed by atoms with Gasteiger partial charge in [0.1, 0.15) is 24.1 Å². The van der Waals surface area contributed by atoms with E-state index in [4.69, 9.17) is 4.74 Å². The van der Waals surface area contributed by atoms with Crippen LogP contribution in [0.25, 0.3) is 0 Å². The van der Waals surface area contributed by atoms with Crippen LogP contribution in [0, 0.1) is 50.7 Å². The van der Waals surface area contributed by atoms with E-state index in [-0.39, 0.29) is 16.7 Å². The molecule has 4 nitrogen and oxygen atoms in total. The Balaban J connectivity index is 1.38. The van der Waals surface area contributed by atoms with Crippen LogP contribution in [0.3, 0.4) is 0 Å². The van der Waals surface area contributed by atoms with Crippen LogP contribution in [0.5, 0.6) is 0 Å². The van der Waals surface area contributed by atoms with Crippen LogP contribution in [0.15, 0.2) is 11.3 Å². The first kappa shape index (κ1) is 24.7. The van der Waals surface area contributed by atoms with E-state index in [1.165, 1.54) is 44.1 Å². The van der Waals surface area contributed by atoms with Gasteiger partial charge >= 0.3 is 0 Å². The van der Waals surface area contributed by atoms with E-state index in [2.05, 4.69) is 41.5 Å². The summed E-state index contributed by atoms with van der Waals surface area (Å²) in [6.07, 6.45) is 7.62. The predicted octanol–water partition coefficient (Wildman–Crippen LogP) is 5.84. The molecule has 2 spiro atoms. The number of aliphatic hydroxyl groups is 3. The van der Waals surface area contributed by atoms with Gasteiger partial charge in [-0.3, -0.25) is 0 Å². The Kier molecular flexibility index (Phi) is 4.87. The average molecular weight is 487 g/mol. The monoisotopic (exact) mass is 486 g/mol. The molecule has 0 unspecified atom stereocenters. The third-order valence-corrected chi connectivity index (χ3v) is 13.9. The molecule has 4 fully saturated rings. The van der Waals surface area contributed by atoms with E-state index in [1.54, 1.807) is 13.8 Å². The molecule has 0 bridgehead atoms. The number of hydrogen-bond acceptors (Lipinski definition) is 4. The molecule has 0 aromatic heterocycles. The normalized spacial score (nSPS) is 55.1. The summed E-state index contributed by atoms with van der Waals surface area (Å²) in [5, 5.41) is 33.5. The zero-order chi connectivity index (χ0) is 25.6. The third-order valence-electron chi connectivity index (χ3n) is 13.9. The second kappa shape index (κ2) is 6.89. The average Bonchev–Trinajstić information content (AvgIpc) is 3.40. The lowest BCUT2D eigenvalue weighted by Crippen LogP contribution is -2.59. The molecule has 5 aliphatic carbocycles. The molecule has 0 radical (unpaired) electrons. The minimum atomic E-state index is -1.24. The van der Waals surface area contributed by atoms with E-state index in [0.717, 1.165) is 24.0 Å². The number of aliphatic hydroxyl groups excluding tert-OH is 2. The molecule has 35 heavy (non-hydrogen) atoms. The van der Waals surface area contributed by atoms with E-state index in [1.807, 2.05) is 0 Å². The van der Waals surface area contributed by atoms with Crippen molar-refractivity contribution in [2.45, 2.75) is 131 Å². The summed E-state index contributed by atoms with van der Waals surface area (Å²) in [6, 6.07) is 0. The first-order valence-electron chi connectivity index (χ1n) is 14.6. The van der Waals surface area contributed by atoms with Crippen LogP contribution in [0.1, 0.15) is 107 Å². The van der Waals surface area contributed by atoms with Crippen LogP contribution in [-0.2, 0) is 4.74 Å². The quantitative estimate of drug-likeness (QED) is 0.459. The molecule has 6 aliphatic rings. The maximum atomic E-state index is 12.1. The number of allylic oxidation sites excluding steroid dienone is 1. The molecule has 0 saturated heterocycles. The van der Waals surface area contributed by atoms with Crippen molar-refractivity contribution in [3.8, 4) is 0 Å². The highest BCUT2D eigenvalue weighted by Crippen LogP contribution is 2.89. The Morgan fingerprint density at radius 1 is 0.943 bits per heavy atom. The van der Waals surface area contributed by atoms with Crippen LogP contribution < -0.4 is 0 Å². The lowest BCUT2D eigenvalue weighted by molar-refractivity contribution is -0.168. The SMILES string of the molecule is C[C@@H]1C[C@H]([C@H](O)C(C)(C)O)OC2=C1[C@@]1(C)CC[C@@]34C[C@@]35CC[C@H](C)C(C)(C)[C@@H]5CC[C@H]4[C@]1(C)[C@H]2O. The number of rotatable bonds is 2. The van der Waals surface area contributed by atoms with Crippen LogP contribution in [0.4, 0.5) is 0 Å². The van der Waals surface area contributed by atoms with Gasteiger partial charge in [0.25, 0.3) is 0 Å². The van der Waals surface area contributed by atoms with E-state index >= 15 is 0 Å². The first-order valence-corrected chi connectivity index (χ1v) is 14.6. The molecule has 11 atom stereocenters. The third kappa shape index (κ3) is 2.66. The largest absolute Gasteiger partial charge is 0.489 e. The molecular weight excluding hydrogens is 436 g/mol. The van der Waals surface area contributed by atoms with Gasteiger partial charge in [0.05, 0.1) is 5.60 Å². The summed E-state index contributed by atoms with van der Waals surface area (Å²) in [7, 11) is 0. The lowest BCUT2D eigenvalue weighted by Gasteiger charge is -2.63. The Bertz CT molecular complexity index is 962. The standard InChI is InChI=1S/C31H50O4/c1-17-15-19(24(32)27(5,6)34)35-23-22(17)28(7)13-14-31-16-30(31)12-11-18(2)26(3,4)20(30)9-10-21(31)29(28,8)25(23)33/h17-21,24-25,32-34H,9-16H2,1-8H3/t17-,18+,19-,20+,21+,24+,25+,28-,29-,30-,31+/m1/s1. The first-order chi connectivity index (χ1) is 16.1. The Morgan fingerprint density at radius 3 is 2.23 bits per heavy atom. The Morgan fingerprint density at radius 2 is 1.57 bits per heavy atom. The molecule has 1 heterocycles. The Hall–Kier alpha value is -0.580. The molecule has 0 amide bonds. The summed E-state index contributed by atoms with van der Waals surface area (Å²) in [4.78, 5) is 0. The van der Waals surface area contributed by atoms with Crippen molar-refractivity contribution >= 4 is 0 Å². The molecule has 4 saturated carbocycles. The van der Waals surface area contributed by atoms with Gasteiger partial charge in [-0.05, 0) is 111 Å². The molecule has 0 aromatic rings. The van der Waals surface area contributed by atoms with Gasteiger partial charge in [0, 0.05) is 10.8 Å². The summed E-state index contributed by atoms with van der Waals surface area (Å²) < 4.78 is 6.50. The zero-order valence-electron chi connectivity index (χ0n) is 23.4. The maximum Gasteiger partial charge on any atom is 0.128 e. The van der Waals surface area contributed by atoms with E-state index in [9.17, 15) is 15.3 Å².